The summed E-state index contributed by atoms with van der Waals surface area (Å²) < 4.78 is 0. The largest absolute Gasteiger partial charge is 0.353 e. The van der Waals surface area contributed by atoms with Gasteiger partial charge in [-0.1, -0.05) is 0 Å². The zero-order valence-electron chi connectivity index (χ0n) is 8.82. The smallest absolute Gasteiger partial charge is 0.242 e. The van der Waals surface area contributed by atoms with Crippen LogP contribution in [0.15, 0.2) is 12.4 Å². The minimum atomic E-state index is 0.631. The van der Waals surface area contributed by atoms with Crippen LogP contribution in [0.1, 0.15) is 19.3 Å². The first-order chi connectivity index (χ1) is 7.45. The van der Waals surface area contributed by atoms with Crippen molar-refractivity contribution in [1.82, 2.24) is 20.5 Å². The molecule has 0 radical (unpaired) electrons. The molecule has 1 aliphatic heterocycles. The second-order valence-electron chi connectivity index (χ2n) is 3.88. The van der Waals surface area contributed by atoms with Crippen molar-refractivity contribution in [2.45, 2.75) is 19.3 Å². The fourth-order valence-corrected chi connectivity index (χ4v) is 1.89. The van der Waals surface area contributed by atoms with Crippen molar-refractivity contribution < 1.29 is 0 Å². The Bertz CT molecular complexity index is 270. The third-order valence-electron chi connectivity index (χ3n) is 2.78. The molecular formula is C10H17N5. The van der Waals surface area contributed by atoms with Crippen LogP contribution in [0.25, 0.3) is 0 Å². The van der Waals surface area contributed by atoms with Crippen LogP contribution in [0.5, 0.6) is 0 Å². The van der Waals surface area contributed by atoms with Crippen LogP contribution in [0.4, 0.5) is 5.95 Å². The molecule has 0 bridgehead atoms. The number of anilines is 1. The van der Waals surface area contributed by atoms with E-state index in [9.17, 15) is 0 Å². The van der Waals surface area contributed by atoms with Crippen molar-refractivity contribution in [2.24, 2.45) is 5.92 Å². The molecule has 0 amide bonds. The summed E-state index contributed by atoms with van der Waals surface area (Å²) in [6.07, 6.45) is 7.00. The van der Waals surface area contributed by atoms with E-state index in [1.54, 1.807) is 12.4 Å². The Hall–Kier alpha value is -1.23. The molecule has 1 saturated heterocycles. The maximum absolute atomic E-state index is 4.06. The van der Waals surface area contributed by atoms with Crippen LogP contribution in [0.3, 0.4) is 0 Å². The lowest BCUT2D eigenvalue weighted by Crippen LogP contribution is -2.28. The summed E-state index contributed by atoms with van der Waals surface area (Å²) in [6.45, 7) is 3.26. The quantitative estimate of drug-likeness (QED) is 0.760. The predicted octanol–water partition coefficient (Wildman–Crippen LogP) is 0.673. The van der Waals surface area contributed by atoms with E-state index in [1.807, 2.05) is 0 Å². The van der Waals surface area contributed by atoms with E-state index < -0.39 is 0 Å². The van der Waals surface area contributed by atoms with Gasteiger partial charge in [0, 0.05) is 6.54 Å². The maximum atomic E-state index is 4.06. The molecule has 0 saturated carbocycles. The van der Waals surface area contributed by atoms with E-state index in [2.05, 4.69) is 25.8 Å². The summed E-state index contributed by atoms with van der Waals surface area (Å²) in [5.41, 5.74) is 0. The Balaban J connectivity index is 1.66. The standard InChI is InChI=1S/C10H17N5/c1-4-11-5-2-9(1)3-6-12-10-13-7-8-14-15-10/h7-9,11H,1-6H2,(H,12,13,15). The lowest BCUT2D eigenvalue weighted by molar-refractivity contribution is 0.361. The fraction of sp³-hybridized carbons (Fsp3) is 0.700. The molecule has 0 aliphatic carbocycles. The highest BCUT2D eigenvalue weighted by molar-refractivity contribution is 5.19. The molecule has 2 heterocycles. The van der Waals surface area contributed by atoms with Crippen LogP contribution in [0, 0.1) is 5.92 Å². The average Bonchev–Trinajstić information content (AvgIpc) is 2.32. The summed E-state index contributed by atoms with van der Waals surface area (Å²) in [6, 6.07) is 0. The van der Waals surface area contributed by atoms with Gasteiger partial charge in [0.15, 0.2) is 0 Å². The molecule has 2 rings (SSSR count). The van der Waals surface area contributed by atoms with Crippen LogP contribution in [0.2, 0.25) is 0 Å². The molecule has 0 aromatic carbocycles. The topological polar surface area (TPSA) is 62.7 Å². The van der Waals surface area contributed by atoms with Gasteiger partial charge in [0.2, 0.25) is 5.95 Å². The monoisotopic (exact) mass is 207 g/mol. The van der Waals surface area contributed by atoms with Crippen LogP contribution < -0.4 is 10.6 Å². The lowest BCUT2D eigenvalue weighted by Gasteiger charge is -2.22. The van der Waals surface area contributed by atoms with Gasteiger partial charge in [-0.2, -0.15) is 5.10 Å². The lowest BCUT2D eigenvalue weighted by atomic mass is 9.95. The maximum Gasteiger partial charge on any atom is 0.242 e. The first-order valence-electron chi connectivity index (χ1n) is 5.53. The van der Waals surface area contributed by atoms with E-state index in [0.29, 0.717) is 5.95 Å². The third kappa shape index (κ3) is 3.43. The van der Waals surface area contributed by atoms with Gasteiger partial charge in [0.25, 0.3) is 0 Å². The Morgan fingerprint density at radius 2 is 2.20 bits per heavy atom. The van der Waals surface area contributed by atoms with Crippen molar-refractivity contribution >= 4 is 5.95 Å². The minimum Gasteiger partial charge on any atom is -0.353 e. The van der Waals surface area contributed by atoms with Gasteiger partial charge in [0.1, 0.15) is 0 Å². The molecule has 1 aromatic heterocycles. The Morgan fingerprint density at radius 3 is 2.93 bits per heavy atom. The second-order valence-corrected chi connectivity index (χ2v) is 3.88. The van der Waals surface area contributed by atoms with E-state index >= 15 is 0 Å². The van der Waals surface area contributed by atoms with Crippen LogP contribution >= 0.6 is 0 Å². The van der Waals surface area contributed by atoms with Gasteiger partial charge in [-0.15, -0.1) is 5.10 Å². The summed E-state index contributed by atoms with van der Waals surface area (Å²) in [5.74, 6) is 1.47. The predicted molar refractivity (Wildman–Crippen MR) is 58.5 cm³/mol. The normalized spacial score (nSPS) is 17.6. The Morgan fingerprint density at radius 1 is 1.33 bits per heavy atom. The third-order valence-corrected chi connectivity index (χ3v) is 2.78. The summed E-state index contributed by atoms with van der Waals surface area (Å²) in [4.78, 5) is 4.06. The first-order valence-corrected chi connectivity index (χ1v) is 5.53. The number of hydrogen-bond acceptors (Lipinski definition) is 5. The zero-order chi connectivity index (χ0) is 10.3. The molecule has 0 unspecified atom stereocenters. The van der Waals surface area contributed by atoms with E-state index in [0.717, 1.165) is 25.6 Å². The molecule has 15 heavy (non-hydrogen) atoms. The van der Waals surface area contributed by atoms with E-state index in [1.165, 1.54) is 19.3 Å². The van der Waals surface area contributed by atoms with Crippen LogP contribution in [-0.4, -0.2) is 34.8 Å². The van der Waals surface area contributed by atoms with E-state index in [-0.39, 0.29) is 0 Å². The van der Waals surface area contributed by atoms with Crippen molar-refractivity contribution in [2.75, 3.05) is 25.0 Å². The SMILES string of the molecule is c1cnc(NCCC2CCNCC2)nn1. The first kappa shape index (κ1) is 10.3. The molecule has 1 aromatic rings. The van der Waals surface area contributed by atoms with Gasteiger partial charge in [0.05, 0.1) is 12.4 Å². The van der Waals surface area contributed by atoms with Crippen molar-refractivity contribution in [3.05, 3.63) is 12.4 Å². The average molecular weight is 207 g/mol. The molecular weight excluding hydrogens is 190 g/mol. The van der Waals surface area contributed by atoms with Crippen LogP contribution in [-0.2, 0) is 0 Å². The van der Waals surface area contributed by atoms with Crippen molar-refractivity contribution in [3.63, 3.8) is 0 Å². The zero-order valence-corrected chi connectivity index (χ0v) is 8.82. The number of aromatic nitrogens is 3. The number of piperidine rings is 1. The highest BCUT2D eigenvalue weighted by Crippen LogP contribution is 2.15. The highest BCUT2D eigenvalue weighted by Gasteiger charge is 2.12. The number of nitrogens with one attached hydrogen (secondary N) is 2. The molecule has 5 heteroatoms. The molecule has 0 spiro atoms. The van der Waals surface area contributed by atoms with Gasteiger partial charge in [-0.25, -0.2) is 4.98 Å². The number of nitrogens with zero attached hydrogens (tertiary/aromatic N) is 3. The second kappa shape index (κ2) is 5.60. The van der Waals surface area contributed by atoms with Gasteiger partial charge >= 0.3 is 0 Å². The van der Waals surface area contributed by atoms with Gasteiger partial charge in [-0.05, 0) is 38.3 Å². The summed E-state index contributed by atoms with van der Waals surface area (Å²) >= 11 is 0. The van der Waals surface area contributed by atoms with Crippen molar-refractivity contribution in [1.29, 1.82) is 0 Å². The minimum absolute atomic E-state index is 0.631. The van der Waals surface area contributed by atoms with Gasteiger partial charge < -0.3 is 10.6 Å². The number of hydrogen-bond donors (Lipinski definition) is 2. The van der Waals surface area contributed by atoms with Gasteiger partial charge in [-0.3, -0.25) is 0 Å². The fourth-order valence-electron chi connectivity index (χ4n) is 1.89. The molecule has 5 nitrogen and oxygen atoms in total. The highest BCUT2D eigenvalue weighted by atomic mass is 15.2. The van der Waals surface area contributed by atoms with E-state index in [4.69, 9.17) is 0 Å². The summed E-state index contributed by atoms with van der Waals surface area (Å²) in [5, 5.41) is 14.2. The molecule has 0 atom stereocenters. The Labute approximate surface area is 89.7 Å². The molecule has 2 N–H and O–H groups in total. The summed E-state index contributed by atoms with van der Waals surface area (Å²) in [7, 11) is 0. The number of rotatable bonds is 4. The molecule has 1 fully saturated rings. The molecule has 82 valence electrons. The van der Waals surface area contributed by atoms with Crippen molar-refractivity contribution in [3.8, 4) is 0 Å². The Kier molecular flexibility index (Phi) is 3.84. The molecule has 1 aliphatic rings.